The molecule has 0 aliphatic carbocycles. The minimum atomic E-state index is -3.92. The molecule has 4 rings (SSSR count). The highest BCUT2D eigenvalue weighted by atomic mass is 32.2. The summed E-state index contributed by atoms with van der Waals surface area (Å²) in [4.78, 5) is 14.3. The van der Waals surface area contributed by atoms with Crippen LogP contribution in [0.4, 0.5) is 4.79 Å². The topological polar surface area (TPSA) is 102 Å². The molecular formula is C25H27N3O5S. The molecule has 178 valence electrons. The van der Waals surface area contributed by atoms with Crippen LogP contribution in [-0.4, -0.2) is 48.7 Å². The third kappa shape index (κ3) is 4.52. The number of ether oxygens (including phenoxy) is 2. The Hall–Kier alpha value is -3.35. The monoisotopic (exact) mass is 481 g/mol. The normalized spacial score (nSPS) is 16.9. The van der Waals surface area contributed by atoms with E-state index < -0.39 is 27.8 Å². The molecule has 1 aromatic heterocycles. The summed E-state index contributed by atoms with van der Waals surface area (Å²) in [5.41, 5.74) is 1.56. The van der Waals surface area contributed by atoms with Crippen molar-refractivity contribution >= 4 is 27.0 Å². The van der Waals surface area contributed by atoms with E-state index in [4.69, 9.17) is 9.47 Å². The highest BCUT2D eigenvalue weighted by molar-refractivity contribution is 7.90. The molecule has 0 radical (unpaired) electrons. The zero-order chi connectivity index (χ0) is 24.7. The molecule has 9 heteroatoms. The van der Waals surface area contributed by atoms with Crippen molar-refractivity contribution in [3.63, 3.8) is 0 Å². The highest BCUT2D eigenvalue weighted by Gasteiger charge is 2.31. The number of hydrogen-bond donors (Lipinski definition) is 0. The number of rotatable bonds is 3. The van der Waals surface area contributed by atoms with Gasteiger partial charge < -0.3 is 14.4 Å². The zero-order valence-corrected chi connectivity index (χ0v) is 20.4. The van der Waals surface area contributed by atoms with Gasteiger partial charge in [0.05, 0.1) is 29.1 Å². The summed E-state index contributed by atoms with van der Waals surface area (Å²) in [6, 6.07) is 13.7. The van der Waals surface area contributed by atoms with Gasteiger partial charge in [0.15, 0.2) is 0 Å². The van der Waals surface area contributed by atoms with Crippen LogP contribution in [0.15, 0.2) is 53.6 Å². The summed E-state index contributed by atoms with van der Waals surface area (Å²) in [6.07, 6.45) is 0.540. The quantitative estimate of drug-likeness (QED) is 0.551. The van der Waals surface area contributed by atoms with Gasteiger partial charge >= 0.3 is 6.09 Å². The minimum absolute atomic E-state index is 0.134. The number of aryl methyl sites for hydroxylation is 1. The summed E-state index contributed by atoms with van der Waals surface area (Å²) < 4.78 is 39.4. The number of nitriles is 1. The van der Waals surface area contributed by atoms with Gasteiger partial charge in [-0.25, -0.2) is 17.2 Å². The van der Waals surface area contributed by atoms with Gasteiger partial charge in [-0.1, -0.05) is 23.8 Å². The van der Waals surface area contributed by atoms with E-state index in [1.54, 1.807) is 47.4 Å². The van der Waals surface area contributed by atoms with Gasteiger partial charge in [0.2, 0.25) is 0 Å². The first-order valence-corrected chi connectivity index (χ1v) is 12.4. The Kier molecular flexibility index (Phi) is 6.14. The Morgan fingerprint density at radius 1 is 1.15 bits per heavy atom. The van der Waals surface area contributed by atoms with Crippen LogP contribution in [0.5, 0.6) is 0 Å². The second-order valence-corrected chi connectivity index (χ2v) is 11.1. The molecule has 1 saturated heterocycles. The first-order valence-electron chi connectivity index (χ1n) is 11.0. The van der Waals surface area contributed by atoms with Gasteiger partial charge in [0.1, 0.15) is 17.8 Å². The summed E-state index contributed by atoms with van der Waals surface area (Å²) in [5.74, 6) is 0. The van der Waals surface area contributed by atoms with E-state index in [-0.39, 0.29) is 17.0 Å². The lowest BCUT2D eigenvalue weighted by molar-refractivity contribution is -0.0428. The predicted molar refractivity (Wildman–Crippen MR) is 127 cm³/mol. The number of benzene rings is 2. The average Bonchev–Trinajstić information content (AvgIpc) is 3.24. The van der Waals surface area contributed by atoms with Gasteiger partial charge in [-0.15, -0.1) is 0 Å². The summed E-state index contributed by atoms with van der Waals surface area (Å²) in [7, 11) is -3.92. The van der Waals surface area contributed by atoms with Crippen molar-refractivity contribution in [3.05, 3.63) is 65.4 Å². The maximum absolute atomic E-state index is 13.4. The largest absolute Gasteiger partial charge is 0.444 e. The van der Waals surface area contributed by atoms with E-state index >= 15 is 0 Å². The number of carbonyl (C=O) groups is 1. The number of nitrogens with zero attached hydrogens (tertiary/aromatic N) is 3. The lowest BCUT2D eigenvalue weighted by atomic mass is 10.0. The highest BCUT2D eigenvalue weighted by Crippen LogP contribution is 2.34. The van der Waals surface area contributed by atoms with Crippen LogP contribution in [-0.2, 0) is 19.5 Å². The van der Waals surface area contributed by atoms with Gasteiger partial charge in [-0.2, -0.15) is 5.26 Å². The summed E-state index contributed by atoms with van der Waals surface area (Å²) in [5, 5.41) is 10.3. The van der Waals surface area contributed by atoms with Crippen molar-refractivity contribution in [2.75, 3.05) is 19.7 Å². The van der Waals surface area contributed by atoms with Crippen molar-refractivity contribution in [2.45, 2.75) is 44.3 Å². The van der Waals surface area contributed by atoms with Gasteiger partial charge in [-0.3, -0.25) is 0 Å². The molecular weight excluding hydrogens is 454 g/mol. The molecule has 0 bridgehead atoms. The molecule has 0 saturated carbocycles. The Morgan fingerprint density at radius 2 is 1.85 bits per heavy atom. The Labute approximate surface area is 199 Å². The first kappa shape index (κ1) is 23.8. The number of fused-ring (bicyclic) bond motifs is 1. The molecule has 1 fully saturated rings. The average molecular weight is 482 g/mol. The van der Waals surface area contributed by atoms with Crippen LogP contribution < -0.4 is 0 Å². The third-order valence-corrected chi connectivity index (χ3v) is 7.30. The van der Waals surface area contributed by atoms with E-state index in [9.17, 15) is 18.5 Å². The molecule has 8 nitrogen and oxygen atoms in total. The van der Waals surface area contributed by atoms with E-state index in [1.807, 2.05) is 27.7 Å². The number of amides is 1. The number of morpholine rings is 1. The van der Waals surface area contributed by atoms with Crippen LogP contribution in [0.3, 0.4) is 0 Å². The number of aromatic nitrogens is 1. The lowest BCUT2D eigenvalue weighted by Crippen LogP contribution is -2.44. The molecule has 2 aromatic carbocycles. The molecule has 1 aliphatic heterocycles. The molecule has 1 unspecified atom stereocenters. The maximum atomic E-state index is 13.4. The van der Waals surface area contributed by atoms with Crippen LogP contribution in [0.25, 0.3) is 10.9 Å². The second kappa shape index (κ2) is 8.78. The fraction of sp³-hybridized carbons (Fsp3) is 0.360. The van der Waals surface area contributed by atoms with Gasteiger partial charge in [-0.05, 0) is 57.5 Å². The molecule has 3 aromatic rings. The number of carbonyl (C=O) groups excluding carboxylic acids is 1. The SMILES string of the molecule is Cc1ccc(S(=O)(=O)n2ccc3c(C4CN(C(=O)OC(C)(C)C)CCO4)ccc(C#N)c32)cc1. The zero-order valence-electron chi connectivity index (χ0n) is 19.6. The van der Waals surface area contributed by atoms with E-state index in [1.165, 1.54) is 6.20 Å². The maximum Gasteiger partial charge on any atom is 0.410 e. The standard InChI is InChI=1S/C25H27N3O5S/c1-17-5-8-19(9-6-17)34(30,31)28-12-11-21-20(10-7-18(15-26)23(21)28)22-16-27(13-14-32-22)24(29)33-25(2,3)4/h5-12,22H,13-14,16H2,1-4H3. The molecule has 1 atom stereocenters. The van der Waals surface area contributed by atoms with Gasteiger partial charge in [0, 0.05) is 18.1 Å². The second-order valence-electron chi connectivity index (χ2n) is 9.29. The molecule has 0 N–H and O–H groups in total. The van der Waals surface area contributed by atoms with Gasteiger partial charge in [0.25, 0.3) is 10.0 Å². The number of hydrogen-bond acceptors (Lipinski definition) is 6. The fourth-order valence-electron chi connectivity index (χ4n) is 3.98. The van der Waals surface area contributed by atoms with Crippen molar-refractivity contribution in [1.82, 2.24) is 8.87 Å². The molecule has 34 heavy (non-hydrogen) atoms. The predicted octanol–water partition coefficient (Wildman–Crippen LogP) is 4.37. The molecule has 2 heterocycles. The van der Waals surface area contributed by atoms with Crippen molar-refractivity contribution in [3.8, 4) is 6.07 Å². The fourth-order valence-corrected chi connectivity index (χ4v) is 5.34. The van der Waals surface area contributed by atoms with Crippen LogP contribution in [0, 0.1) is 18.3 Å². The van der Waals surface area contributed by atoms with Crippen LogP contribution in [0.1, 0.15) is 43.6 Å². The summed E-state index contributed by atoms with van der Waals surface area (Å²) in [6.45, 7) is 8.28. The Morgan fingerprint density at radius 3 is 2.50 bits per heavy atom. The van der Waals surface area contributed by atoms with Crippen LogP contribution in [0.2, 0.25) is 0 Å². The van der Waals surface area contributed by atoms with E-state index in [0.717, 1.165) is 9.54 Å². The van der Waals surface area contributed by atoms with Crippen molar-refractivity contribution < 1.29 is 22.7 Å². The smallest absolute Gasteiger partial charge is 0.410 e. The summed E-state index contributed by atoms with van der Waals surface area (Å²) >= 11 is 0. The third-order valence-electron chi connectivity index (χ3n) is 5.61. The van der Waals surface area contributed by atoms with E-state index in [2.05, 4.69) is 6.07 Å². The minimum Gasteiger partial charge on any atom is -0.444 e. The molecule has 1 aliphatic rings. The van der Waals surface area contributed by atoms with Crippen molar-refractivity contribution in [1.29, 1.82) is 5.26 Å². The van der Waals surface area contributed by atoms with Crippen molar-refractivity contribution in [2.24, 2.45) is 0 Å². The Balaban J connectivity index is 1.75. The van der Waals surface area contributed by atoms with Crippen LogP contribution >= 0.6 is 0 Å². The molecule has 1 amide bonds. The first-order chi connectivity index (χ1) is 16.0. The molecule has 0 spiro atoms. The van der Waals surface area contributed by atoms with E-state index in [0.29, 0.717) is 29.6 Å². The Bertz CT molecular complexity index is 1380. The lowest BCUT2D eigenvalue weighted by Gasteiger charge is -2.34.